The fraction of sp³-hybridized carbons (Fsp3) is 0.625. The third kappa shape index (κ3) is 5.05. The van der Waals surface area contributed by atoms with Gasteiger partial charge in [-0.15, -0.1) is 0 Å². The third-order valence-corrected chi connectivity index (χ3v) is 9.24. The maximum absolute atomic E-state index is 6.31. The molecule has 0 amide bonds. The van der Waals surface area contributed by atoms with E-state index in [4.69, 9.17) is 4.43 Å². The first-order valence-electron chi connectivity index (χ1n) is 7.17. The highest BCUT2D eigenvalue weighted by atomic mass is 79.9. The van der Waals surface area contributed by atoms with Gasteiger partial charge in [-0.25, -0.2) is 0 Å². The Labute approximate surface area is 128 Å². The van der Waals surface area contributed by atoms with Crippen LogP contribution in [0.5, 0.6) is 0 Å². The van der Waals surface area contributed by atoms with Gasteiger partial charge in [0.05, 0.1) is 0 Å². The van der Waals surface area contributed by atoms with Gasteiger partial charge in [0, 0.05) is 11.1 Å². The van der Waals surface area contributed by atoms with Gasteiger partial charge in [0.25, 0.3) is 0 Å². The molecule has 0 saturated heterocycles. The standard InChI is InChI=1S/C16H27BrOSi/c1-6-12-16(2,3)19(4,5)18-13-11-14-7-9-15(17)10-8-14/h7-10H,6,11-13H2,1-5H3. The molecule has 0 aromatic heterocycles. The number of rotatable bonds is 7. The minimum Gasteiger partial charge on any atom is -0.416 e. The Balaban J connectivity index is 2.49. The van der Waals surface area contributed by atoms with Gasteiger partial charge in [-0.2, -0.15) is 0 Å². The first-order valence-corrected chi connectivity index (χ1v) is 10.9. The minimum absolute atomic E-state index is 0.349. The zero-order chi connectivity index (χ0) is 14.5. The van der Waals surface area contributed by atoms with E-state index in [-0.39, 0.29) is 0 Å². The fourth-order valence-corrected chi connectivity index (χ4v) is 4.32. The van der Waals surface area contributed by atoms with Crippen molar-refractivity contribution in [1.29, 1.82) is 0 Å². The Hall–Kier alpha value is -0.123. The highest BCUT2D eigenvalue weighted by molar-refractivity contribution is 9.10. The molecule has 0 heterocycles. The number of hydrogen-bond acceptors (Lipinski definition) is 1. The molecule has 19 heavy (non-hydrogen) atoms. The van der Waals surface area contributed by atoms with Crippen molar-refractivity contribution in [2.75, 3.05) is 6.61 Å². The van der Waals surface area contributed by atoms with E-state index in [0.717, 1.165) is 17.5 Å². The summed E-state index contributed by atoms with van der Waals surface area (Å²) in [4.78, 5) is 0. The first kappa shape index (κ1) is 16.9. The molecule has 0 unspecified atom stereocenters. The van der Waals surface area contributed by atoms with Crippen LogP contribution in [0.2, 0.25) is 18.1 Å². The van der Waals surface area contributed by atoms with E-state index in [1.54, 1.807) is 0 Å². The topological polar surface area (TPSA) is 9.23 Å². The smallest absolute Gasteiger partial charge is 0.192 e. The maximum Gasteiger partial charge on any atom is 0.192 e. The van der Waals surface area contributed by atoms with Crippen molar-refractivity contribution in [3.8, 4) is 0 Å². The number of halogens is 1. The summed E-state index contributed by atoms with van der Waals surface area (Å²) in [5.41, 5.74) is 1.35. The van der Waals surface area contributed by atoms with E-state index in [2.05, 4.69) is 74.1 Å². The molecule has 0 aliphatic rings. The predicted molar refractivity (Wildman–Crippen MR) is 90.2 cm³/mol. The summed E-state index contributed by atoms with van der Waals surface area (Å²) in [5.74, 6) is 0. The molecule has 0 spiro atoms. The molecule has 1 aromatic rings. The molecule has 108 valence electrons. The van der Waals surface area contributed by atoms with E-state index in [1.165, 1.54) is 18.4 Å². The first-order chi connectivity index (χ1) is 8.78. The molecule has 1 nitrogen and oxygen atoms in total. The summed E-state index contributed by atoms with van der Waals surface area (Å²) >= 11 is 3.46. The largest absolute Gasteiger partial charge is 0.416 e. The van der Waals surface area contributed by atoms with Crippen LogP contribution in [0.4, 0.5) is 0 Å². The maximum atomic E-state index is 6.31. The van der Waals surface area contributed by atoms with Crippen LogP contribution in [0.15, 0.2) is 28.7 Å². The van der Waals surface area contributed by atoms with Gasteiger partial charge in [0.15, 0.2) is 8.32 Å². The second kappa shape index (κ2) is 7.05. The van der Waals surface area contributed by atoms with Gasteiger partial charge in [-0.05, 0) is 48.7 Å². The van der Waals surface area contributed by atoms with E-state index < -0.39 is 8.32 Å². The Morgan fingerprint density at radius 1 is 1.16 bits per heavy atom. The summed E-state index contributed by atoms with van der Waals surface area (Å²) < 4.78 is 7.44. The Bertz CT molecular complexity index is 384. The van der Waals surface area contributed by atoms with Crippen molar-refractivity contribution < 1.29 is 4.43 Å². The quantitative estimate of drug-likeness (QED) is 0.569. The van der Waals surface area contributed by atoms with Crippen LogP contribution in [-0.2, 0) is 10.8 Å². The molecular weight excluding hydrogens is 316 g/mol. The molecule has 0 N–H and O–H groups in total. The summed E-state index contributed by atoms with van der Waals surface area (Å²) in [6.45, 7) is 12.5. The normalized spacial score (nSPS) is 12.7. The van der Waals surface area contributed by atoms with Crippen molar-refractivity contribution in [2.45, 2.75) is 58.2 Å². The van der Waals surface area contributed by atoms with Crippen molar-refractivity contribution in [3.63, 3.8) is 0 Å². The van der Waals surface area contributed by atoms with Crippen molar-refractivity contribution in [3.05, 3.63) is 34.3 Å². The predicted octanol–water partition coefficient (Wildman–Crippen LogP) is 5.79. The molecule has 3 heteroatoms. The average Bonchev–Trinajstić information content (AvgIpc) is 2.31. The highest BCUT2D eigenvalue weighted by Gasteiger charge is 2.39. The average molecular weight is 343 g/mol. The van der Waals surface area contributed by atoms with E-state index >= 15 is 0 Å². The van der Waals surface area contributed by atoms with Gasteiger partial charge >= 0.3 is 0 Å². The van der Waals surface area contributed by atoms with Crippen LogP contribution < -0.4 is 0 Å². The van der Waals surface area contributed by atoms with Crippen LogP contribution in [-0.4, -0.2) is 14.9 Å². The Morgan fingerprint density at radius 2 is 1.74 bits per heavy atom. The van der Waals surface area contributed by atoms with Crippen molar-refractivity contribution in [1.82, 2.24) is 0 Å². The minimum atomic E-state index is -1.63. The Morgan fingerprint density at radius 3 is 2.26 bits per heavy atom. The van der Waals surface area contributed by atoms with Gasteiger partial charge in [0.2, 0.25) is 0 Å². The molecule has 0 atom stereocenters. The molecule has 0 aliphatic heterocycles. The second-order valence-electron chi connectivity index (χ2n) is 6.37. The van der Waals surface area contributed by atoms with Crippen LogP contribution in [0.3, 0.4) is 0 Å². The van der Waals surface area contributed by atoms with Gasteiger partial charge in [-0.3, -0.25) is 0 Å². The van der Waals surface area contributed by atoms with E-state index in [9.17, 15) is 0 Å². The summed E-state index contributed by atoms with van der Waals surface area (Å²) in [6, 6.07) is 8.52. The summed E-state index contributed by atoms with van der Waals surface area (Å²) in [7, 11) is -1.63. The van der Waals surface area contributed by atoms with Crippen LogP contribution in [0.25, 0.3) is 0 Å². The van der Waals surface area contributed by atoms with Crippen LogP contribution in [0.1, 0.15) is 39.2 Å². The third-order valence-electron chi connectivity index (χ3n) is 4.27. The highest BCUT2D eigenvalue weighted by Crippen LogP contribution is 2.41. The lowest BCUT2D eigenvalue weighted by Gasteiger charge is -2.39. The lowest BCUT2D eigenvalue weighted by atomic mass is 10.1. The molecule has 0 radical (unpaired) electrons. The monoisotopic (exact) mass is 342 g/mol. The summed E-state index contributed by atoms with van der Waals surface area (Å²) in [6.07, 6.45) is 3.50. The van der Waals surface area contributed by atoms with Crippen LogP contribution >= 0.6 is 15.9 Å². The second-order valence-corrected chi connectivity index (χ2v) is 11.9. The fourth-order valence-electron chi connectivity index (χ4n) is 2.20. The van der Waals surface area contributed by atoms with E-state index in [1.807, 2.05) is 0 Å². The molecule has 1 rings (SSSR count). The molecular formula is C16H27BrOSi. The zero-order valence-corrected chi connectivity index (χ0v) is 15.5. The lowest BCUT2D eigenvalue weighted by molar-refractivity contribution is 0.284. The number of benzene rings is 1. The Kier molecular flexibility index (Phi) is 6.28. The lowest BCUT2D eigenvalue weighted by Crippen LogP contribution is -2.42. The molecule has 0 fully saturated rings. The van der Waals surface area contributed by atoms with Gasteiger partial charge in [0.1, 0.15) is 0 Å². The molecule has 0 bridgehead atoms. The SMILES string of the molecule is CCCC(C)(C)[Si](C)(C)OCCc1ccc(Br)cc1. The van der Waals surface area contributed by atoms with Crippen molar-refractivity contribution >= 4 is 24.2 Å². The molecule has 0 aliphatic carbocycles. The molecule has 0 saturated carbocycles. The van der Waals surface area contributed by atoms with E-state index in [0.29, 0.717) is 5.04 Å². The number of hydrogen-bond donors (Lipinski definition) is 0. The summed E-state index contributed by atoms with van der Waals surface area (Å²) in [5, 5.41) is 0.349. The molecule has 1 aromatic carbocycles. The van der Waals surface area contributed by atoms with Gasteiger partial charge in [-0.1, -0.05) is 55.3 Å². The van der Waals surface area contributed by atoms with Crippen LogP contribution in [0, 0.1) is 0 Å². The van der Waals surface area contributed by atoms with Crippen molar-refractivity contribution in [2.24, 2.45) is 0 Å². The zero-order valence-electron chi connectivity index (χ0n) is 12.9. The van der Waals surface area contributed by atoms with Gasteiger partial charge < -0.3 is 4.43 Å².